The maximum absolute atomic E-state index is 13.4. The molecule has 6 nitrogen and oxygen atoms in total. The lowest BCUT2D eigenvalue weighted by atomic mass is 9.96. The van der Waals surface area contributed by atoms with Crippen molar-refractivity contribution in [3.63, 3.8) is 0 Å². The predicted octanol–water partition coefficient (Wildman–Crippen LogP) is 6.38. The number of anilines is 1. The zero-order valence-corrected chi connectivity index (χ0v) is 19.8. The van der Waals surface area contributed by atoms with Crippen LogP contribution in [0.3, 0.4) is 0 Å². The first kappa shape index (κ1) is 23.8. The lowest BCUT2D eigenvalue weighted by Gasteiger charge is -2.13. The van der Waals surface area contributed by atoms with Gasteiger partial charge in [-0.2, -0.15) is 0 Å². The highest BCUT2D eigenvalue weighted by Crippen LogP contribution is 2.40. The van der Waals surface area contributed by atoms with Gasteiger partial charge in [-0.3, -0.25) is 4.79 Å². The number of fused-ring (bicyclic) bond motifs is 1. The topological polar surface area (TPSA) is 77.8 Å². The first-order valence-electron chi connectivity index (χ1n) is 10.8. The maximum Gasteiger partial charge on any atom is 0.337 e. The Morgan fingerprint density at radius 1 is 1.03 bits per heavy atom. The first-order chi connectivity index (χ1) is 16.8. The Morgan fingerprint density at radius 2 is 1.71 bits per heavy atom. The molecule has 0 aliphatic heterocycles. The summed E-state index contributed by atoms with van der Waals surface area (Å²) in [5.41, 5.74) is 5.43. The third kappa shape index (κ3) is 4.80. The number of halogens is 1. The highest BCUT2D eigenvalue weighted by molar-refractivity contribution is 6.06. The third-order valence-corrected chi connectivity index (χ3v) is 5.75. The van der Waals surface area contributed by atoms with Crippen molar-refractivity contribution in [1.29, 1.82) is 0 Å². The molecular formula is C28H24FNO5. The molecule has 0 radical (unpaired) electrons. The van der Waals surface area contributed by atoms with Crippen molar-refractivity contribution >= 4 is 34.1 Å². The van der Waals surface area contributed by atoms with Crippen LogP contribution in [0, 0.1) is 12.7 Å². The number of hydrogen-bond donors (Lipinski definition) is 1. The Morgan fingerprint density at radius 3 is 2.34 bits per heavy atom. The average Bonchev–Trinajstić information content (AvgIpc) is 3.28. The summed E-state index contributed by atoms with van der Waals surface area (Å²) < 4.78 is 29.6. The number of carbonyl (C=O) groups is 2. The van der Waals surface area contributed by atoms with Crippen LogP contribution in [0.5, 0.6) is 5.75 Å². The van der Waals surface area contributed by atoms with Crippen LogP contribution in [0.2, 0.25) is 0 Å². The molecule has 178 valence electrons. The number of furan rings is 1. The van der Waals surface area contributed by atoms with Crippen molar-refractivity contribution in [3.05, 3.63) is 89.4 Å². The molecule has 0 bridgehead atoms. The van der Waals surface area contributed by atoms with Gasteiger partial charge in [0.2, 0.25) is 5.91 Å². The Balaban J connectivity index is 1.68. The molecule has 0 fully saturated rings. The molecule has 7 heteroatoms. The summed E-state index contributed by atoms with van der Waals surface area (Å²) in [6.45, 7) is 3.71. The second-order valence-corrected chi connectivity index (χ2v) is 8.00. The number of rotatable bonds is 6. The van der Waals surface area contributed by atoms with E-state index < -0.39 is 5.97 Å². The van der Waals surface area contributed by atoms with Crippen LogP contribution in [-0.2, 0) is 9.53 Å². The number of nitrogens with one attached hydrogen (secondary N) is 1. The fraction of sp³-hybridized carbons (Fsp3) is 0.143. The predicted molar refractivity (Wildman–Crippen MR) is 133 cm³/mol. The van der Waals surface area contributed by atoms with Crippen LogP contribution >= 0.6 is 0 Å². The van der Waals surface area contributed by atoms with Crippen molar-refractivity contribution in [2.75, 3.05) is 19.5 Å². The van der Waals surface area contributed by atoms with Gasteiger partial charge in [0.05, 0.1) is 26.0 Å². The van der Waals surface area contributed by atoms with Crippen LogP contribution in [0.15, 0.2) is 71.4 Å². The van der Waals surface area contributed by atoms with E-state index >= 15 is 0 Å². The van der Waals surface area contributed by atoms with Crippen molar-refractivity contribution in [2.45, 2.75) is 13.8 Å². The molecule has 35 heavy (non-hydrogen) atoms. The van der Waals surface area contributed by atoms with Gasteiger partial charge in [0, 0.05) is 33.8 Å². The molecule has 4 rings (SSSR count). The molecule has 1 amide bonds. The summed E-state index contributed by atoms with van der Waals surface area (Å²) in [5.74, 6) is -0.499. The lowest BCUT2D eigenvalue weighted by Crippen LogP contribution is -2.09. The minimum absolute atomic E-state index is 0.315. The number of ether oxygens (including phenoxy) is 2. The Bertz CT molecular complexity index is 1430. The summed E-state index contributed by atoms with van der Waals surface area (Å²) in [6.07, 6.45) is 3.12. The molecule has 1 heterocycles. The number of aryl methyl sites for hydroxylation is 1. The van der Waals surface area contributed by atoms with Crippen LogP contribution in [0.4, 0.5) is 10.1 Å². The van der Waals surface area contributed by atoms with E-state index in [4.69, 9.17) is 9.15 Å². The van der Waals surface area contributed by atoms with Crippen LogP contribution in [-0.4, -0.2) is 26.1 Å². The summed E-state index contributed by atoms with van der Waals surface area (Å²) in [5, 5.41) is 3.62. The zero-order valence-electron chi connectivity index (χ0n) is 19.8. The third-order valence-electron chi connectivity index (χ3n) is 5.75. The number of carbonyl (C=O) groups excluding carboxylic acids is 2. The van der Waals surface area contributed by atoms with E-state index in [1.54, 1.807) is 49.8 Å². The van der Waals surface area contributed by atoms with Gasteiger partial charge < -0.3 is 19.2 Å². The van der Waals surface area contributed by atoms with Gasteiger partial charge in [0.25, 0.3) is 0 Å². The molecule has 3 aromatic carbocycles. The van der Waals surface area contributed by atoms with Gasteiger partial charge in [-0.1, -0.05) is 12.1 Å². The maximum atomic E-state index is 13.4. The van der Waals surface area contributed by atoms with E-state index in [0.717, 1.165) is 27.6 Å². The Hall–Kier alpha value is -4.39. The standard InChI is InChI=1S/C28H24FNO5/c1-16(13-25(31)30-21-11-7-19(8-12-21)28(32)34-4)22-14-23-24(18-5-9-20(29)10-6-18)15-35-27(23)17(2)26(22)33-3/h5-15H,1-4H3,(H,30,31)/b16-13+. The van der Waals surface area contributed by atoms with Crippen molar-refractivity contribution < 1.29 is 27.9 Å². The number of esters is 1. The van der Waals surface area contributed by atoms with E-state index in [1.807, 2.05) is 19.9 Å². The van der Waals surface area contributed by atoms with Crippen molar-refractivity contribution in [1.82, 2.24) is 0 Å². The van der Waals surface area contributed by atoms with Gasteiger partial charge in [-0.25, -0.2) is 9.18 Å². The largest absolute Gasteiger partial charge is 0.496 e. The van der Waals surface area contributed by atoms with Gasteiger partial charge in [0.15, 0.2) is 0 Å². The van der Waals surface area contributed by atoms with Crippen molar-refractivity contribution in [3.8, 4) is 16.9 Å². The SMILES string of the molecule is COC(=O)c1ccc(NC(=O)/C=C(\C)c2cc3c(-c4ccc(F)cc4)coc3c(C)c2OC)cc1. The normalized spacial score (nSPS) is 11.4. The molecule has 4 aromatic rings. The van der Waals surface area contributed by atoms with Crippen molar-refractivity contribution in [2.24, 2.45) is 0 Å². The molecule has 0 aliphatic carbocycles. The second kappa shape index (κ2) is 9.85. The summed E-state index contributed by atoms with van der Waals surface area (Å²) >= 11 is 0. The van der Waals surface area contributed by atoms with Gasteiger partial charge in [-0.15, -0.1) is 0 Å². The quantitative estimate of drug-likeness (QED) is 0.260. The molecule has 0 saturated carbocycles. The lowest BCUT2D eigenvalue weighted by molar-refractivity contribution is -0.111. The van der Waals surface area contributed by atoms with Crippen LogP contribution in [0.25, 0.3) is 27.7 Å². The molecule has 0 saturated heterocycles. The number of methoxy groups -OCH3 is 2. The van der Waals surface area contributed by atoms with E-state index in [2.05, 4.69) is 10.1 Å². The molecule has 1 N–H and O–H groups in total. The fourth-order valence-electron chi connectivity index (χ4n) is 3.99. The number of benzene rings is 3. The van der Waals surface area contributed by atoms with Crippen LogP contribution < -0.4 is 10.1 Å². The van der Waals surface area contributed by atoms with Gasteiger partial charge >= 0.3 is 5.97 Å². The molecule has 0 aliphatic rings. The minimum atomic E-state index is -0.448. The fourth-order valence-corrected chi connectivity index (χ4v) is 3.99. The molecule has 0 unspecified atom stereocenters. The smallest absolute Gasteiger partial charge is 0.337 e. The Labute approximate surface area is 202 Å². The number of hydrogen-bond acceptors (Lipinski definition) is 5. The number of amides is 1. The molecule has 0 atom stereocenters. The zero-order chi connectivity index (χ0) is 25.1. The monoisotopic (exact) mass is 473 g/mol. The summed E-state index contributed by atoms with van der Waals surface area (Å²) in [6, 6.07) is 14.5. The van der Waals surface area contributed by atoms with E-state index in [0.29, 0.717) is 28.2 Å². The molecular weight excluding hydrogens is 449 g/mol. The highest BCUT2D eigenvalue weighted by Gasteiger charge is 2.19. The Kier molecular flexibility index (Phi) is 6.68. The first-order valence-corrected chi connectivity index (χ1v) is 10.8. The van der Waals surface area contributed by atoms with E-state index in [-0.39, 0.29) is 11.7 Å². The summed E-state index contributed by atoms with van der Waals surface area (Å²) in [4.78, 5) is 24.3. The van der Waals surface area contributed by atoms with Gasteiger partial charge in [-0.05, 0) is 67.4 Å². The average molecular weight is 474 g/mol. The molecule has 0 spiro atoms. The minimum Gasteiger partial charge on any atom is -0.496 e. The van der Waals surface area contributed by atoms with Crippen LogP contribution in [0.1, 0.15) is 28.4 Å². The van der Waals surface area contributed by atoms with Gasteiger partial charge in [0.1, 0.15) is 17.1 Å². The summed E-state index contributed by atoms with van der Waals surface area (Å²) in [7, 11) is 2.88. The highest BCUT2D eigenvalue weighted by atomic mass is 19.1. The van der Waals surface area contributed by atoms with E-state index in [1.165, 1.54) is 25.3 Å². The molecule has 1 aromatic heterocycles. The number of allylic oxidation sites excluding steroid dienone is 1. The van der Waals surface area contributed by atoms with E-state index in [9.17, 15) is 14.0 Å². The second-order valence-electron chi connectivity index (χ2n) is 8.00.